The highest BCUT2D eigenvalue weighted by atomic mass is 19.4. The van der Waals surface area contributed by atoms with Crippen molar-refractivity contribution < 1.29 is 74.0 Å². The van der Waals surface area contributed by atoms with Gasteiger partial charge in [-0.25, -0.2) is 14.4 Å². The number of halogens is 9. The number of aryl methyl sites for hydroxylation is 1. The van der Waals surface area contributed by atoms with Crippen molar-refractivity contribution in [2.24, 2.45) is 12.5 Å². The lowest BCUT2D eigenvalue weighted by molar-refractivity contribution is -0.193. The normalized spacial score (nSPS) is 18.3. The molecule has 2 aromatic rings. The molecule has 4 heterocycles. The Balaban J connectivity index is 0.000000413. The second kappa shape index (κ2) is 16.2. The second-order valence-electron chi connectivity index (χ2n) is 9.94. The first-order chi connectivity index (χ1) is 21.0. The maximum atomic E-state index is 12.7. The van der Waals surface area contributed by atoms with Gasteiger partial charge in [0.15, 0.2) is 0 Å². The Morgan fingerprint density at radius 3 is 1.76 bits per heavy atom. The van der Waals surface area contributed by atoms with E-state index in [1.807, 2.05) is 41.0 Å². The molecule has 0 aromatic carbocycles. The number of rotatable bonds is 3. The SMILES string of the molecule is Cn1cc(CN2CCCC3(CCN(C(=O)c4ccccn4)C3)C2)cn1.O=C(O)C(F)(F)F.O=C(O)C(F)(F)F.O=C(O)C(F)(F)F. The van der Waals surface area contributed by atoms with Crippen LogP contribution in [0.25, 0.3) is 0 Å². The van der Waals surface area contributed by atoms with Crippen LogP contribution >= 0.6 is 0 Å². The van der Waals surface area contributed by atoms with Crippen LogP contribution in [-0.4, -0.2) is 108 Å². The third-order valence-electron chi connectivity index (χ3n) is 6.24. The molecule has 1 unspecified atom stereocenters. The van der Waals surface area contributed by atoms with Gasteiger partial charge in [0.1, 0.15) is 5.69 Å². The smallest absolute Gasteiger partial charge is 0.475 e. The van der Waals surface area contributed by atoms with E-state index in [-0.39, 0.29) is 11.3 Å². The summed E-state index contributed by atoms with van der Waals surface area (Å²) in [6, 6.07) is 5.53. The Morgan fingerprint density at radius 2 is 1.35 bits per heavy atom. The highest BCUT2D eigenvalue weighted by molar-refractivity contribution is 5.92. The molecule has 0 bridgehead atoms. The molecule has 0 aliphatic carbocycles. The van der Waals surface area contributed by atoms with E-state index in [2.05, 4.69) is 21.2 Å². The fourth-order valence-corrected chi connectivity index (χ4v) is 4.35. The molecule has 2 saturated heterocycles. The molecule has 1 amide bonds. The number of carbonyl (C=O) groups excluding carboxylic acids is 1. The maximum Gasteiger partial charge on any atom is 0.490 e. The molecule has 21 heteroatoms. The number of aliphatic carboxylic acids is 3. The van der Waals surface area contributed by atoms with Crippen LogP contribution in [0.1, 0.15) is 35.3 Å². The van der Waals surface area contributed by atoms with Gasteiger partial charge in [0, 0.05) is 56.6 Å². The van der Waals surface area contributed by atoms with Gasteiger partial charge in [-0.2, -0.15) is 44.6 Å². The quantitative estimate of drug-likeness (QED) is 0.406. The zero-order chi connectivity index (χ0) is 35.5. The van der Waals surface area contributed by atoms with Crippen LogP contribution in [0.5, 0.6) is 0 Å². The summed E-state index contributed by atoms with van der Waals surface area (Å²) in [5.41, 5.74) is 2.06. The molecule has 4 rings (SSSR count). The Morgan fingerprint density at radius 1 is 0.826 bits per heavy atom. The first-order valence-corrected chi connectivity index (χ1v) is 12.8. The molecule has 2 aliphatic heterocycles. The first-order valence-electron chi connectivity index (χ1n) is 12.8. The largest absolute Gasteiger partial charge is 0.490 e. The topological polar surface area (TPSA) is 166 Å². The molecular formula is C25H28F9N5O7. The third-order valence-corrected chi connectivity index (χ3v) is 6.24. The third kappa shape index (κ3) is 13.7. The number of carboxylic acid groups (broad SMARTS) is 3. The van der Waals surface area contributed by atoms with E-state index < -0.39 is 36.4 Å². The van der Waals surface area contributed by atoms with E-state index in [1.165, 1.54) is 18.4 Å². The fraction of sp³-hybridized carbons (Fsp3) is 0.520. The number of likely N-dealkylation sites (tertiary alicyclic amines) is 2. The van der Waals surface area contributed by atoms with Crippen molar-refractivity contribution in [3.8, 4) is 0 Å². The predicted octanol–water partition coefficient (Wildman–Crippen LogP) is 3.84. The van der Waals surface area contributed by atoms with Gasteiger partial charge >= 0.3 is 36.4 Å². The van der Waals surface area contributed by atoms with Crippen LogP contribution in [0.2, 0.25) is 0 Å². The highest BCUT2D eigenvalue weighted by Gasteiger charge is 2.43. The van der Waals surface area contributed by atoms with Crippen molar-refractivity contribution in [2.45, 2.75) is 44.3 Å². The fourth-order valence-electron chi connectivity index (χ4n) is 4.35. The number of nitrogens with zero attached hydrogens (tertiary/aromatic N) is 5. The van der Waals surface area contributed by atoms with Gasteiger partial charge in [0.25, 0.3) is 5.91 Å². The summed E-state index contributed by atoms with van der Waals surface area (Å²) in [4.78, 5) is 48.1. The number of carbonyl (C=O) groups is 4. The standard InChI is InChI=1S/C19H25N5O.3C2HF3O2/c1-22-12-16(11-21-22)13-23-9-4-6-19(14-23)7-10-24(15-19)18(25)17-5-2-3-8-20-17;3*3-2(4,5)1(6)7/h2-3,5,8,11-12H,4,6-7,9-10,13-15H2,1H3;3*(H,6,7). The molecule has 3 N–H and O–H groups in total. The van der Waals surface area contributed by atoms with Crippen LogP contribution in [-0.2, 0) is 28.0 Å². The van der Waals surface area contributed by atoms with Gasteiger partial charge in [-0.1, -0.05) is 6.07 Å². The number of hydrogen-bond donors (Lipinski definition) is 3. The summed E-state index contributed by atoms with van der Waals surface area (Å²) in [6.45, 7) is 4.84. The van der Waals surface area contributed by atoms with E-state index in [9.17, 15) is 44.3 Å². The lowest BCUT2D eigenvalue weighted by atomic mass is 9.79. The molecule has 0 radical (unpaired) electrons. The zero-order valence-corrected chi connectivity index (χ0v) is 23.7. The van der Waals surface area contributed by atoms with Crippen LogP contribution < -0.4 is 0 Å². The number of alkyl halides is 9. The number of amides is 1. The Labute approximate surface area is 254 Å². The van der Waals surface area contributed by atoms with Crippen molar-refractivity contribution in [2.75, 3.05) is 26.2 Å². The molecule has 2 fully saturated rings. The van der Waals surface area contributed by atoms with Gasteiger partial charge in [0.2, 0.25) is 0 Å². The Bertz CT molecular complexity index is 1260. The van der Waals surface area contributed by atoms with Crippen LogP contribution in [0.3, 0.4) is 0 Å². The summed E-state index contributed by atoms with van der Waals surface area (Å²) in [6.07, 6.45) is -6.02. The summed E-state index contributed by atoms with van der Waals surface area (Å²) >= 11 is 0. The van der Waals surface area contributed by atoms with Gasteiger partial charge in [-0.15, -0.1) is 0 Å². The highest BCUT2D eigenvalue weighted by Crippen LogP contribution is 2.39. The van der Waals surface area contributed by atoms with Crippen LogP contribution in [0.15, 0.2) is 36.8 Å². The molecule has 1 spiro atoms. The minimum atomic E-state index is -5.08. The molecule has 46 heavy (non-hydrogen) atoms. The van der Waals surface area contributed by atoms with Crippen molar-refractivity contribution in [1.82, 2.24) is 24.6 Å². The van der Waals surface area contributed by atoms with E-state index in [0.717, 1.165) is 39.1 Å². The molecule has 258 valence electrons. The van der Waals surface area contributed by atoms with Gasteiger partial charge in [-0.3, -0.25) is 19.4 Å². The zero-order valence-electron chi connectivity index (χ0n) is 23.7. The average molecular weight is 682 g/mol. The molecule has 2 aliphatic rings. The predicted molar refractivity (Wildman–Crippen MR) is 136 cm³/mol. The number of piperidine rings is 1. The van der Waals surface area contributed by atoms with Crippen LogP contribution in [0, 0.1) is 5.41 Å². The summed E-state index contributed by atoms with van der Waals surface area (Å²) in [5.74, 6) is -8.20. The Hall–Kier alpha value is -4.43. The lowest BCUT2D eigenvalue weighted by Crippen LogP contribution is -2.45. The van der Waals surface area contributed by atoms with E-state index in [1.54, 1.807) is 6.20 Å². The van der Waals surface area contributed by atoms with Crippen molar-refractivity contribution in [3.63, 3.8) is 0 Å². The van der Waals surface area contributed by atoms with E-state index >= 15 is 0 Å². The van der Waals surface area contributed by atoms with Crippen molar-refractivity contribution >= 4 is 23.8 Å². The summed E-state index contributed by atoms with van der Waals surface area (Å²) in [7, 11) is 1.96. The van der Waals surface area contributed by atoms with Gasteiger partial charge in [0.05, 0.1) is 6.20 Å². The van der Waals surface area contributed by atoms with Crippen molar-refractivity contribution in [1.29, 1.82) is 0 Å². The van der Waals surface area contributed by atoms with Gasteiger partial charge < -0.3 is 20.2 Å². The summed E-state index contributed by atoms with van der Waals surface area (Å²) < 4.78 is 97.1. The minimum Gasteiger partial charge on any atom is -0.475 e. The molecule has 1 atom stereocenters. The Kier molecular flexibility index (Phi) is 14.0. The molecular weight excluding hydrogens is 653 g/mol. The van der Waals surface area contributed by atoms with E-state index in [0.29, 0.717) is 5.69 Å². The van der Waals surface area contributed by atoms with Crippen molar-refractivity contribution in [3.05, 3.63) is 48.0 Å². The molecule has 12 nitrogen and oxygen atoms in total. The average Bonchev–Trinajstić information content (AvgIpc) is 3.53. The van der Waals surface area contributed by atoms with E-state index in [4.69, 9.17) is 29.7 Å². The minimum absolute atomic E-state index is 0.0712. The molecule has 2 aromatic heterocycles. The monoisotopic (exact) mass is 681 g/mol. The number of pyridine rings is 1. The first kappa shape index (κ1) is 39.6. The number of hydrogen-bond acceptors (Lipinski definition) is 7. The van der Waals surface area contributed by atoms with Gasteiger partial charge in [-0.05, 0) is 37.9 Å². The summed E-state index contributed by atoms with van der Waals surface area (Å²) in [5, 5.41) is 25.6. The second-order valence-corrected chi connectivity index (χ2v) is 9.94. The maximum absolute atomic E-state index is 12.7. The molecule has 0 saturated carbocycles. The lowest BCUT2D eigenvalue weighted by Gasteiger charge is -2.40. The number of carboxylic acids is 3. The van der Waals surface area contributed by atoms with Crippen LogP contribution in [0.4, 0.5) is 39.5 Å². The number of aromatic nitrogens is 3.